The van der Waals surface area contributed by atoms with Gasteiger partial charge in [0.1, 0.15) is 0 Å². The second-order valence-electron chi connectivity index (χ2n) is 3.48. The average molecular weight is 170 g/mol. The molecule has 2 heteroatoms. The van der Waals surface area contributed by atoms with Crippen molar-refractivity contribution in [3.63, 3.8) is 0 Å². The summed E-state index contributed by atoms with van der Waals surface area (Å²) < 4.78 is 0. The van der Waals surface area contributed by atoms with Gasteiger partial charge in [0.2, 0.25) is 0 Å². The maximum absolute atomic E-state index is 4.16. The van der Waals surface area contributed by atoms with E-state index in [-0.39, 0.29) is 0 Å². The minimum absolute atomic E-state index is 0.784. The fourth-order valence-electron chi connectivity index (χ4n) is 2.07. The highest BCUT2D eigenvalue weighted by molar-refractivity contribution is 5.75. The van der Waals surface area contributed by atoms with Crippen molar-refractivity contribution in [3.8, 4) is 0 Å². The van der Waals surface area contributed by atoms with Gasteiger partial charge in [-0.15, -0.1) is 0 Å². The summed E-state index contributed by atoms with van der Waals surface area (Å²) in [5.74, 6) is 0. The van der Waals surface area contributed by atoms with Crippen molar-refractivity contribution in [1.82, 2.24) is 0 Å². The van der Waals surface area contributed by atoms with E-state index in [1.807, 2.05) is 0 Å². The molecule has 1 aliphatic carbocycles. The Morgan fingerprint density at radius 3 is 3.00 bits per heavy atom. The number of azo groups is 1. The Bertz CT molecular complexity index is 416. The summed E-state index contributed by atoms with van der Waals surface area (Å²) in [5, 5.41) is 8.24. The molecule has 1 aliphatic heterocycles. The van der Waals surface area contributed by atoms with Gasteiger partial charge in [-0.1, -0.05) is 24.3 Å². The van der Waals surface area contributed by atoms with Gasteiger partial charge in [0.25, 0.3) is 0 Å². The lowest BCUT2D eigenvalue weighted by Gasteiger charge is -2.15. The molecule has 0 fully saturated rings. The first kappa shape index (κ1) is 7.01. The first-order valence-corrected chi connectivity index (χ1v) is 4.63. The molecule has 0 saturated carbocycles. The van der Waals surface area contributed by atoms with Crippen molar-refractivity contribution >= 4 is 5.57 Å². The van der Waals surface area contributed by atoms with Gasteiger partial charge in [-0.3, -0.25) is 0 Å². The number of hydrogen-bond acceptors (Lipinski definition) is 2. The molecule has 13 heavy (non-hydrogen) atoms. The normalized spacial score (nSPS) is 18.8. The summed E-state index contributed by atoms with van der Waals surface area (Å²) in [4.78, 5) is 0. The van der Waals surface area contributed by atoms with Gasteiger partial charge in [-0.2, -0.15) is 10.2 Å². The lowest BCUT2D eigenvalue weighted by molar-refractivity contribution is 0.900. The molecule has 3 rings (SSSR count). The van der Waals surface area contributed by atoms with Gasteiger partial charge >= 0.3 is 0 Å². The molecule has 0 unspecified atom stereocenters. The van der Waals surface area contributed by atoms with Crippen LogP contribution in [0.15, 0.2) is 40.2 Å². The lowest BCUT2D eigenvalue weighted by atomic mass is 9.89. The second kappa shape index (κ2) is 2.52. The second-order valence-corrected chi connectivity index (χ2v) is 3.48. The average Bonchev–Trinajstić information content (AvgIpc) is 2.65. The van der Waals surface area contributed by atoms with E-state index in [1.54, 1.807) is 0 Å². The molecule has 0 aromatic heterocycles. The summed E-state index contributed by atoms with van der Waals surface area (Å²) in [6.07, 6.45) is 2.18. The molecule has 64 valence electrons. The van der Waals surface area contributed by atoms with Crippen LogP contribution >= 0.6 is 0 Å². The molecule has 1 aromatic rings. The Kier molecular flexibility index (Phi) is 1.36. The molecule has 0 spiro atoms. The molecule has 0 radical (unpaired) electrons. The molecule has 2 nitrogen and oxygen atoms in total. The zero-order chi connectivity index (χ0) is 8.67. The lowest BCUT2D eigenvalue weighted by Crippen LogP contribution is -2.02. The molecule has 0 N–H and O–H groups in total. The number of benzene rings is 1. The van der Waals surface area contributed by atoms with Crippen LogP contribution in [0.25, 0.3) is 5.57 Å². The highest BCUT2D eigenvalue weighted by Gasteiger charge is 2.20. The first-order chi connectivity index (χ1) is 6.45. The number of hydrogen-bond donors (Lipinski definition) is 0. The third kappa shape index (κ3) is 0.949. The molecule has 0 saturated heterocycles. The van der Waals surface area contributed by atoms with Gasteiger partial charge in [-0.05, 0) is 24.0 Å². The van der Waals surface area contributed by atoms with Crippen molar-refractivity contribution < 1.29 is 0 Å². The Morgan fingerprint density at radius 2 is 2.00 bits per heavy atom. The van der Waals surface area contributed by atoms with Crippen LogP contribution in [-0.4, -0.2) is 6.54 Å². The third-order valence-electron chi connectivity index (χ3n) is 2.74. The largest absolute Gasteiger partial charge is 0.184 e. The van der Waals surface area contributed by atoms with E-state index < -0.39 is 0 Å². The smallest absolute Gasteiger partial charge is 0.0877 e. The Hall–Kier alpha value is -1.44. The topological polar surface area (TPSA) is 24.7 Å². The zero-order valence-corrected chi connectivity index (χ0v) is 7.33. The highest BCUT2D eigenvalue weighted by atomic mass is 15.1. The van der Waals surface area contributed by atoms with Crippen molar-refractivity contribution in [3.05, 3.63) is 41.1 Å². The van der Waals surface area contributed by atoms with E-state index in [0.717, 1.165) is 19.4 Å². The van der Waals surface area contributed by atoms with Crippen LogP contribution in [0, 0.1) is 0 Å². The summed E-state index contributed by atoms with van der Waals surface area (Å²) in [6, 6.07) is 8.58. The van der Waals surface area contributed by atoms with Crippen molar-refractivity contribution in [1.29, 1.82) is 0 Å². The van der Waals surface area contributed by atoms with E-state index in [2.05, 4.69) is 34.5 Å². The molecule has 0 atom stereocenters. The Balaban J connectivity index is 2.20. The monoisotopic (exact) mass is 170 g/mol. The van der Waals surface area contributed by atoms with Crippen LogP contribution in [0.2, 0.25) is 0 Å². The van der Waals surface area contributed by atoms with E-state index >= 15 is 0 Å². The minimum Gasteiger partial charge on any atom is -0.184 e. The van der Waals surface area contributed by atoms with Gasteiger partial charge in [0.15, 0.2) is 0 Å². The Labute approximate surface area is 77.0 Å². The van der Waals surface area contributed by atoms with E-state index in [0.29, 0.717) is 0 Å². The molecule has 1 heterocycles. The minimum atomic E-state index is 0.784. The molecule has 1 aromatic carbocycles. The quantitative estimate of drug-likeness (QED) is 0.572. The highest BCUT2D eigenvalue weighted by Crippen LogP contribution is 2.35. The van der Waals surface area contributed by atoms with E-state index in [9.17, 15) is 0 Å². The molecule has 0 bridgehead atoms. The summed E-state index contributed by atoms with van der Waals surface area (Å²) in [5.41, 5.74) is 5.38. The number of aryl methyl sites for hydroxylation is 1. The number of rotatable bonds is 0. The van der Waals surface area contributed by atoms with E-state index in [1.165, 1.54) is 22.4 Å². The van der Waals surface area contributed by atoms with Gasteiger partial charge in [0.05, 0.1) is 12.2 Å². The fraction of sp³-hybridized carbons (Fsp3) is 0.273. The molecular formula is C11H10N2. The van der Waals surface area contributed by atoms with E-state index in [4.69, 9.17) is 0 Å². The Morgan fingerprint density at radius 1 is 1.08 bits per heavy atom. The summed E-state index contributed by atoms with van der Waals surface area (Å²) >= 11 is 0. The van der Waals surface area contributed by atoms with Crippen LogP contribution in [0.3, 0.4) is 0 Å². The number of allylic oxidation sites excluding steroid dienone is 1. The zero-order valence-electron chi connectivity index (χ0n) is 7.33. The van der Waals surface area contributed by atoms with Crippen LogP contribution in [0.1, 0.15) is 17.5 Å². The standard InChI is InChI=1S/C11H10N2/c1-2-4-9-8(3-1)5-6-11-10(9)7-12-13-11/h1-4H,5-7H2. The van der Waals surface area contributed by atoms with Crippen molar-refractivity contribution in [2.75, 3.05) is 6.54 Å². The van der Waals surface area contributed by atoms with Gasteiger partial charge < -0.3 is 0 Å². The molecule has 0 amide bonds. The maximum Gasteiger partial charge on any atom is 0.0877 e. The maximum atomic E-state index is 4.16. The van der Waals surface area contributed by atoms with Crippen LogP contribution < -0.4 is 0 Å². The summed E-state index contributed by atoms with van der Waals surface area (Å²) in [7, 11) is 0. The molecular weight excluding hydrogens is 160 g/mol. The number of nitrogens with zero attached hydrogens (tertiary/aromatic N) is 2. The van der Waals surface area contributed by atoms with Crippen molar-refractivity contribution in [2.45, 2.75) is 12.8 Å². The predicted molar refractivity (Wildman–Crippen MR) is 51.4 cm³/mol. The van der Waals surface area contributed by atoms with Crippen LogP contribution in [0.5, 0.6) is 0 Å². The third-order valence-corrected chi connectivity index (χ3v) is 2.74. The number of fused-ring (bicyclic) bond motifs is 2. The van der Waals surface area contributed by atoms with Gasteiger partial charge in [-0.25, -0.2) is 0 Å². The summed E-state index contributed by atoms with van der Waals surface area (Å²) in [6.45, 7) is 0.784. The molecule has 2 aliphatic rings. The van der Waals surface area contributed by atoms with Crippen LogP contribution in [-0.2, 0) is 6.42 Å². The van der Waals surface area contributed by atoms with Crippen LogP contribution in [0.4, 0.5) is 0 Å². The first-order valence-electron chi connectivity index (χ1n) is 4.63. The van der Waals surface area contributed by atoms with Gasteiger partial charge in [0, 0.05) is 5.57 Å². The van der Waals surface area contributed by atoms with Crippen molar-refractivity contribution in [2.24, 2.45) is 10.2 Å². The fourth-order valence-corrected chi connectivity index (χ4v) is 2.07. The SMILES string of the molecule is c1ccc2c(c1)CCC1=C2CN=N1. The predicted octanol–water partition coefficient (Wildman–Crippen LogP) is 2.81.